The number of benzene rings is 1. The molecular formula is C23H34ClN5O4. The Kier molecular flexibility index (Phi) is 11.1. The Morgan fingerprint density at radius 2 is 1.97 bits per heavy atom. The Hall–Kier alpha value is -2.65. The van der Waals surface area contributed by atoms with Gasteiger partial charge in [0.05, 0.1) is 18.0 Å². The van der Waals surface area contributed by atoms with Crippen LogP contribution in [-0.4, -0.2) is 72.2 Å². The molecule has 182 valence electrons. The molecule has 33 heavy (non-hydrogen) atoms. The van der Waals surface area contributed by atoms with Crippen LogP contribution in [0.5, 0.6) is 0 Å². The molecule has 1 fully saturated rings. The zero-order valence-corrected chi connectivity index (χ0v) is 19.8. The van der Waals surface area contributed by atoms with E-state index in [0.29, 0.717) is 39.0 Å². The van der Waals surface area contributed by atoms with Crippen LogP contribution in [0.3, 0.4) is 0 Å². The molecule has 2 amide bonds. The van der Waals surface area contributed by atoms with E-state index in [-0.39, 0.29) is 35.5 Å². The van der Waals surface area contributed by atoms with E-state index in [9.17, 15) is 14.4 Å². The number of nitrogens with zero attached hydrogens (tertiary/aromatic N) is 2. The minimum atomic E-state index is -0.760. The summed E-state index contributed by atoms with van der Waals surface area (Å²) in [4.78, 5) is 42.7. The summed E-state index contributed by atoms with van der Waals surface area (Å²) in [6, 6.07) is 8.69. The molecule has 1 aromatic rings. The smallest absolute Gasteiger partial charge is 0.243 e. The Morgan fingerprint density at radius 1 is 1.24 bits per heavy atom. The second-order valence-electron chi connectivity index (χ2n) is 8.11. The van der Waals surface area contributed by atoms with Crippen molar-refractivity contribution >= 4 is 35.2 Å². The van der Waals surface area contributed by atoms with E-state index in [0.717, 1.165) is 12.8 Å². The second kappa shape index (κ2) is 13.8. The first kappa shape index (κ1) is 26.6. The highest BCUT2D eigenvalue weighted by atomic mass is 35.5. The minimum absolute atomic E-state index is 0.0304. The van der Waals surface area contributed by atoms with Gasteiger partial charge in [0.1, 0.15) is 6.04 Å². The summed E-state index contributed by atoms with van der Waals surface area (Å²) >= 11 is 5.72. The first-order valence-electron chi connectivity index (χ1n) is 11.2. The van der Waals surface area contributed by atoms with Crippen LogP contribution in [0.25, 0.3) is 0 Å². The summed E-state index contributed by atoms with van der Waals surface area (Å²) in [5.74, 6) is -1.14. The van der Waals surface area contributed by atoms with Gasteiger partial charge in [0, 0.05) is 33.0 Å². The average Bonchev–Trinajstić information content (AvgIpc) is 3.23. The summed E-state index contributed by atoms with van der Waals surface area (Å²) in [6.07, 6.45) is 2.74. The van der Waals surface area contributed by atoms with E-state index in [2.05, 4.69) is 22.4 Å². The fourth-order valence-electron chi connectivity index (χ4n) is 3.86. The first-order chi connectivity index (χ1) is 15.8. The van der Waals surface area contributed by atoms with Crippen LogP contribution in [0, 0.1) is 0 Å². The molecule has 1 aliphatic rings. The lowest BCUT2D eigenvalue weighted by Gasteiger charge is -2.24. The number of guanidine groups is 1. The molecule has 3 atom stereocenters. The van der Waals surface area contributed by atoms with Gasteiger partial charge in [0.15, 0.2) is 11.7 Å². The largest absolute Gasteiger partial charge is 0.376 e. The maximum Gasteiger partial charge on any atom is 0.243 e. The third kappa shape index (κ3) is 9.01. The van der Waals surface area contributed by atoms with Gasteiger partial charge in [-0.1, -0.05) is 30.3 Å². The molecular weight excluding hydrogens is 446 g/mol. The molecule has 0 spiro atoms. The molecule has 1 aromatic carbocycles. The maximum atomic E-state index is 13.0. The third-order valence-corrected chi connectivity index (χ3v) is 5.82. The van der Waals surface area contributed by atoms with Crippen LogP contribution in [-0.2, 0) is 25.5 Å². The van der Waals surface area contributed by atoms with Crippen molar-refractivity contribution in [3.05, 3.63) is 35.9 Å². The van der Waals surface area contributed by atoms with Crippen molar-refractivity contribution in [3.8, 4) is 0 Å². The lowest BCUT2D eigenvalue weighted by atomic mass is 10.1. The number of carbonyl (C=O) groups is 3. The molecule has 0 bridgehead atoms. The van der Waals surface area contributed by atoms with E-state index < -0.39 is 12.1 Å². The number of rotatable bonds is 13. The summed E-state index contributed by atoms with van der Waals surface area (Å²) in [6.45, 7) is 2.65. The van der Waals surface area contributed by atoms with Crippen LogP contribution in [0.15, 0.2) is 35.3 Å². The number of likely N-dealkylation sites (tertiary alicyclic amines) is 1. The summed E-state index contributed by atoms with van der Waals surface area (Å²) in [7, 11) is 0. The Labute approximate surface area is 199 Å². The SMILES string of the molecule is CC(=O)N1C[C@H](OCCCc2ccccc2)C[C@H]1C(=O)N[C@@H](CCCN=C(N)N)C(=O)CCl. The molecule has 0 aliphatic carbocycles. The number of aryl methyl sites for hydroxylation is 1. The monoisotopic (exact) mass is 479 g/mol. The number of halogens is 1. The van der Waals surface area contributed by atoms with Gasteiger partial charge in [-0.15, -0.1) is 11.6 Å². The van der Waals surface area contributed by atoms with Gasteiger partial charge in [0.25, 0.3) is 0 Å². The van der Waals surface area contributed by atoms with Crippen molar-refractivity contribution in [2.45, 2.75) is 57.2 Å². The second-order valence-corrected chi connectivity index (χ2v) is 8.38. The number of amides is 2. The molecule has 9 nitrogen and oxygen atoms in total. The van der Waals surface area contributed by atoms with Crippen molar-refractivity contribution < 1.29 is 19.1 Å². The predicted octanol–water partition coefficient (Wildman–Crippen LogP) is 0.972. The molecule has 0 saturated carbocycles. The van der Waals surface area contributed by atoms with Crippen molar-refractivity contribution in [1.29, 1.82) is 0 Å². The molecule has 0 radical (unpaired) electrons. The maximum absolute atomic E-state index is 13.0. The van der Waals surface area contributed by atoms with Crippen LogP contribution >= 0.6 is 11.6 Å². The highest BCUT2D eigenvalue weighted by molar-refractivity contribution is 6.28. The van der Waals surface area contributed by atoms with Crippen LogP contribution in [0.2, 0.25) is 0 Å². The number of Topliss-reactive ketones (excluding diaryl/α,β-unsaturated/α-hetero) is 1. The number of hydrogen-bond acceptors (Lipinski definition) is 5. The number of aliphatic imine (C=N–C) groups is 1. The standard InChI is InChI=1S/C23H34ClN5O4/c1-16(30)29-15-18(33-12-6-9-17-7-3-2-4-8-17)13-20(29)22(32)28-19(21(31)14-24)10-5-11-27-23(25)26/h2-4,7-8,18-20H,5-6,9-15H2,1H3,(H,28,32)(H4,25,26,27)/t18-,19+,20+/m1/s1. The van der Waals surface area contributed by atoms with E-state index in [1.807, 2.05) is 18.2 Å². The lowest BCUT2D eigenvalue weighted by Crippen LogP contribution is -2.50. The van der Waals surface area contributed by atoms with E-state index in [4.69, 9.17) is 27.8 Å². The Balaban J connectivity index is 1.88. The van der Waals surface area contributed by atoms with Crippen molar-refractivity contribution in [3.63, 3.8) is 0 Å². The summed E-state index contributed by atoms with van der Waals surface area (Å²) < 4.78 is 5.96. The molecule has 5 N–H and O–H groups in total. The molecule has 0 aromatic heterocycles. The van der Waals surface area contributed by atoms with E-state index in [1.54, 1.807) is 0 Å². The molecule has 1 heterocycles. The fraction of sp³-hybridized carbons (Fsp3) is 0.565. The zero-order valence-electron chi connectivity index (χ0n) is 19.0. The van der Waals surface area contributed by atoms with Gasteiger partial charge < -0.3 is 26.4 Å². The van der Waals surface area contributed by atoms with Gasteiger partial charge in [-0.2, -0.15) is 0 Å². The molecule has 1 saturated heterocycles. The highest BCUT2D eigenvalue weighted by Crippen LogP contribution is 2.22. The van der Waals surface area contributed by atoms with Crippen molar-refractivity contribution in [1.82, 2.24) is 10.2 Å². The lowest BCUT2D eigenvalue weighted by molar-refractivity contribution is -0.138. The first-order valence-corrected chi connectivity index (χ1v) is 11.7. The number of carbonyl (C=O) groups excluding carboxylic acids is 3. The fourth-order valence-corrected chi connectivity index (χ4v) is 4.05. The van der Waals surface area contributed by atoms with E-state index in [1.165, 1.54) is 17.4 Å². The topological polar surface area (TPSA) is 140 Å². The number of ether oxygens (including phenoxy) is 1. The average molecular weight is 480 g/mol. The number of ketones is 1. The quantitative estimate of drug-likeness (QED) is 0.167. The third-order valence-electron chi connectivity index (χ3n) is 5.56. The van der Waals surface area contributed by atoms with Crippen molar-refractivity contribution in [2.24, 2.45) is 16.5 Å². The Bertz CT molecular complexity index is 816. The minimum Gasteiger partial charge on any atom is -0.376 e. The van der Waals surface area contributed by atoms with Crippen LogP contribution < -0.4 is 16.8 Å². The Morgan fingerprint density at radius 3 is 2.61 bits per heavy atom. The number of nitrogens with two attached hydrogens (primary N) is 2. The van der Waals surface area contributed by atoms with Gasteiger partial charge in [-0.05, 0) is 31.2 Å². The van der Waals surface area contributed by atoms with Gasteiger partial charge >= 0.3 is 0 Å². The molecule has 2 rings (SSSR count). The van der Waals surface area contributed by atoms with Gasteiger partial charge in [-0.25, -0.2) is 0 Å². The number of hydrogen-bond donors (Lipinski definition) is 3. The molecule has 10 heteroatoms. The molecule has 1 aliphatic heterocycles. The van der Waals surface area contributed by atoms with Gasteiger partial charge in [0.2, 0.25) is 11.8 Å². The summed E-state index contributed by atoms with van der Waals surface area (Å²) in [5.41, 5.74) is 11.9. The van der Waals surface area contributed by atoms with Gasteiger partial charge in [-0.3, -0.25) is 19.4 Å². The van der Waals surface area contributed by atoms with Crippen LogP contribution in [0.4, 0.5) is 0 Å². The highest BCUT2D eigenvalue weighted by Gasteiger charge is 2.39. The van der Waals surface area contributed by atoms with Crippen LogP contribution in [0.1, 0.15) is 38.2 Å². The predicted molar refractivity (Wildman–Crippen MR) is 128 cm³/mol. The number of alkyl halides is 1. The molecule has 0 unspecified atom stereocenters. The number of nitrogens with one attached hydrogen (secondary N) is 1. The summed E-state index contributed by atoms with van der Waals surface area (Å²) in [5, 5.41) is 2.76. The van der Waals surface area contributed by atoms with E-state index >= 15 is 0 Å². The zero-order chi connectivity index (χ0) is 24.2. The van der Waals surface area contributed by atoms with Crippen molar-refractivity contribution in [2.75, 3.05) is 25.6 Å². The normalized spacial score (nSPS) is 18.5.